The molecule has 0 unspecified atom stereocenters. The van der Waals surface area contributed by atoms with E-state index in [0.29, 0.717) is 11.9 Å². The smallest absolute Gasteiger partial charge is 0.242 e. The Bertz CT molecular complexity index is 443. The first-order valence-corrected chi connectivity index (χ1v) is 7.55. The van der Waals surface area contributed by atoms with Crippen LogP contribution in [0.1, 0.15) is 57.1 Å². The summed E-state index contributed by atoms with van der Waals surface area (Å²) >= 11 is 0. The summed E-state index contributed by atoms with van der Waals surface area (Å²) in [7, 11) is 1.66. The maximum Gasteiger partial charge on any atom is 0.242 e. The van der Waals surface area contributed by atoms with Crippen molar-refractivity contribution in [2.75, 3.05) is 12.4 Å². The van der Waals surface area contributed by atoms with Crippen molar-refractivity contribution in [1.29, 1.82) is 0 Å². The van der Waals surface area contributed by atoms with E-state index in [-0.39, 0.29) is 11.9 Å². The summed E-state index contributed by atoms with van der Waals surface area (Å²) < 4.78 is 0. The Morgan fingerprint density at radius 2 is 2.20 bits per heavy atom. The van der Waals surface area contributed by atoms with Crippen molar-refractivity contribution >= 4 is 11.9 Å². The molecule has 1 aromatic heterocycles. The van der Waals surface area contributed by atoms with E-state index in [4.69, 9.17) is 0 Å². The fourth-order valence-electron chi connectivity index (χ4n) is 2.78. The Hall–Kier alpha value is -1.65. The topological polar surface area (TPSA) is 66.9 Å². The van der Waals surface area contributed by atoms with Crippen molar-refractivity contribution in [1.82, 2.24) is 15.3 Å². The lowest BCUT2D eigenvalue weighted by atomic mass is 10.0. The van der Waals surface area contributed by atoms with Gasteiger partial charge in [-0.05, 0) is 25.3 Å². The molecule has 1 atom stereocenters. The molecule has 0 radical (unpaired) electrons. The molecule has 0 aromatic carbocycles. The SMILES string of the molecule is CCC[C@H](Nc1nccc(C2CCCC2)n1)C(=O)NC. The molecule has 5 nitrogen and oxygen atoms in total. The second kappa shape index (κ2) is 7.22. The van der Waals surface area contributed by atoms with Gasteiger partial charge in [-0.2, -0.15) is 0 Å². The molecule has 110 valence electrons. The standard InChI is InChI=1S/C15H24N4O/c1-3-6-13(14(20)16-2)19-15-17-10-9-12(18-15)11-7-4-5-8-11/h9-11,13H,3-8H2,1-2H3,(H,16,20)(H,17,18,19)/t13-/m0/s1. The first-order valence-electron chi connectivity index (χ1n) is 7.55. The van der Waals surface area contributed by atoms with E-state index < -0.39 is 0 Å². The molecule has 1 aromatic rings. The van der Waals surface area contributed by atoms with Crippen molar-refractivity contribution in [2.45, 2.75) is 57.4 Å². The summed E-state index contributed by atoms with van der Waals surface area (Å²) in [5.74, 6) is 1.11. The number of amides is 1. The van der Waals surface area contributed by atoms with Crippen LogP contribution in [-0.4, -0.2) is 29.0 Å². The summed E-state index contributed by atoms with van der Waals surface area (Å²) in [6, 6.07) is 1.74. The minimum absolute atomic E-state index is 0.0123. The molecule has 0 aliphatic heterocycles. The number of carbonyl (C=O) groups is 1. The molecule has 2 N–H and O–H groups in total. The van der Waals surface area contributed by atoms with Crippen LogP contribution < -0.4 is 10.6 Å². The number of carbonyl (C=O) groups excluding carboxylic acids is 1. The quantitative estimate of drug-likeness (QED) is 0.837. The number of hydrogen-bond donors (Lipinski definition) is 2. The van der Waals surface area contributed by atoms with E-state index in [1.807, 2.05) is 6.07 Å². The fourth-order valence-corrected chi connectivity index (χ4v) is 2.78. The van der Waals surface area contributed by atoms with Gasteiger partial charge >= 0.3 is 0 Å². The van der Waals surface area contributed by atoms with Crippen LogP contribution in [0.2, 0.25) is 0 Å². The van der Waals surface area contributed by atoms with E-state index in [1.54, 1.807) is 13.2 Å². The molecule has 20 heavy (non-hydrogen) atoms. The van der Waals surface area contributed by atoms with Crippen molar-refractivity contribution < 1.29 is 4.79 Å². The highest BCUT2D eigenvalue weighted by atomic mass is 16.2. The summed E-state index contributed by atoms with van der Waals surface area (Å²) in [5.41, 5.74) is 1.10. The lowest BCUT2D eigenvalue weighted by Gasteiger charge is -2.17. The van der Waals surface area contributed by atoms with Gasteiger partial charge in [-0.25, -0.2) is 9.97 Å². The van der Waals surface area contributed by atoms with Crippen LogP contribution in [0.15, 0.2) is 12.3 Å². The largest absolute Gasteiger partial charge is 0.357 e. The van der Waals surface area contributed by atoms with Crippen LogP contribution in [-0.2, 0) is 4.79 Å². The van der Waals surface area contributed by atoms with Gasteiger partial charge in [0.2, 0.25) is 11.9 Å². The minimum Gasteiger partial charge on any atom is -0.357 e. The highest BCUT2D eigenvalue weighted by molar-refractivity contribution is 5.83. The number of anilines is 1. The molecule has 1 amide bonds. The summed E-state index contributed by atoms with van der Waals surface area (Å²) in [4.78, 5) is 20.7. The second-order valence-corrected chi connectivity index (χ2v) is 5.39. The summed E-state index contributed by atoms with van der Waals surface area (Å²) in [6.45, 7) is 2.06. The van der Waals surface area contributed by atoms with Gasteiger partial charge in [0.1, 0.15) is 6.04 Å². The zero-order chi connectivity index (χ0) is 14.4. The Morgan fingerprint density at radius 1 is 1.45 bits per heavy atom. The molecule has 1 aliphatic rings. The van der Waals surface area contributed by atoms with E-state index >= 15 is 0 Å². The summed E-state index contributed by atoms with van der Waals surface area (Å²) in [6.07, 6.45) is 8.50. The number of hydrogen-bond acceptors (Lipinski definition) is 4. The number of nitrogens with zero attached hydrogens (tertiary/aromatic N) is 2. The van der Waals surface area contributed by atoms with Crippen LogP contribution >= 0.6 is 0 Å². The average molecular weight is 276 g/mol. The van der Waals surface area contributed by atoms with Crippen molar-refractivity contribution in [3.8, 4) is 0 Å². The number of likely N-dealkylation sites (N-methyl/N-ethyl adjacent to an activating group) is 1. The van der Waals surface area contributed by atoms with Crippen LogP contribution in [0.4, 0.5) is 5.95 Å². The number of aromatic nitrogens is 2. The van der Waals surface area contributed by atoms with Gasteiger partial charge in [-0.15, -0.1) is 0 Å². The van der Waals surface area contributed by atoms with Gasteiger partial charge in [-0.1, -0.05) is 26.2 Å². The Kier molecular flexibility index (Phi) is 5.32. The van der Waals surface area contributed by atoms with Gasteiger partial charge in [0, 0.05) is 24.9 Å². The van der Waals surface area contributed by atoms with Crippen molar-refractivity contribution in [2.24, 2.45) is 0 Å². The van der Waals surface area contributed by atoms with Crippen LogP contribution in [0.3, 0.4) is 0 Å². The van der Waals surface area contributed by atoms with E-state index in [9.17, 15) is 4.79 Å². The lowest BCUT2D eigenvalue weighted by Crippen LogP contribution is -2.38. The maximum absolute atomic E-state index is 11.8. The number of rotatable bonds is 6. The first kappa shape index (κ1) is 14.8. The fraction of sp³-hybridized carbons (Fsp3) is 0.667. The molecule has 1 fully saturated rings. The van der Waals surface area contributed by atoms with E-state index in [1.165, 1.54) is 25.7 Å². The molecule has 1 aliphatic carbocycles. The maximum atomic E-state index is 11.8. The number of nitrogens with one attached hydrogen (secondary N) is 2. The van der Waals surface area contributed by atoms with Gasteiger partial charge in [0.25, 0.3) is 0 Å². The van der Waals surface area contributed by atoms with Crippen LogP contribution in [0, 0.1) is 0 Å². The zero-order valence-corrected chi connectivity index (χ0v) is 12.4. The third-order valence-electron chi connectivity index (χ3n) is 3.89. The van der Waals surface area contributed by atoms with Gasteiger partial charge in [0.15, 0.2) is 0 Å². The summed E-state index contributed by atoms with van der Waals surface area (Å²) in [5, 5.41) is 5.84. The van der Waals surface area contributed by atoms with E-state index in [2.05, 4.69) is 27.5 Å². The first-order chi connectivity index (χ1) is 9.74. The molecule has 0 spiro atoms. The molecule has 0 saturated heterocycles. The normalized spacial score (nSPS) is 16.9. The Balaban J connectivity index is 2.07. The molecule has 5 heteroatoms. The van der Waals surface area contributed by atoms with Gasteiger partial charge in [0.05, 0.1) is 0 Å². The predicted molar refractivity (Wildman–Crippen MR) is 79.6 cm³/mol. The third kappa shape index (κ3) is 3.68. The third-order valence-corrected chi connectivity index (χ3v) is 3.89. The highest BCUT2D eigenvalue weighted by Gasteiger charge is 2.20. The molecule has 1 heterocycles. The zero-order valence-electron chi connectivity index (χ0n) is 12.4. The second-order valence-electron chi connectivity index (χ2n) is 5.39. The lowest BCUT2D eigenvalue weighted by molar-refractivity contribution is -0.121. The Morgan fingerprint density at radius 3 is 2.85 bits per heavy atom. The van der Waals surface area contributed by atoms with Crippen molar-refractivity contribution in [3.63, 3.8) is 0 Å². The van der Waals surface area contributed by atoms with Crippen LogP contribution in [0.25, 0.3) is 0 Å². The highest BCUT2D eigenvalue weighted by Crippen LogP contribution is 2.33. The predicted octanol–water partition coefficient (Wildman–Crippen LogP) is 2.46. The molecule has 0 bridgehead atoms. The average Bonchev–Trinajstić information content (AvgIpc) is 3.00. The molecular formula is C15H24N4O. The van der Waals surface area contributed by atoms with Gasteiger partial charge in [-0.3, -0.25) is 4.79 Å². The van der Waals surface area contributed by atoms with Crippen LogP contribution in [0.5, 0.6) is 0 Å². The molecule has 2 rings (SSSR count). The van der Waals surface area contributed by atoms with E-state index in [0.717, 1.165) is 18.5 Å². The minimum atomic E-state index is -0.260. The van der Waals surface area contributed by atoms with Gasteiger partial charge < -0.3 is 10.6 Å². The molecular weight excluding hydrogens is 252 g/mol. The molecule has 1 saturated carbocycles. The monoisotopic (exact) mass is 276 g/mol. The Labute approximate surface area is 120 Å². The van der Waals surface area contributed by atoms with Crippen molar-refractivity contribution in [3.05, 3.63) is 18.0 Å².